The number of ether oxygens (including phenoxy) is 2. The average Bonchev–Trinajstić information content (AvgIpc) is 2.55. The predicted molar refractivity (Wildman–Crippen MR) is 85.2 cm³/mol. The molecule has 2 amide bonds. The summed E-state index contributed by atoms with van der Waals surface area (Å²) in [5.74, 6) is 0.840. The molecule has 1 aliphatic heterocycles. The molecule has 6 nitrogen and oxygen atoms in total. The summed E-state index contributed by atoms with van der Waals surface area (Å²) in [6.45, 7) is 3.31. The van der Waals surface area contributed by atoms with Gasteiger partial charge in [0.2, 0.25) is 0 Å². The largest absolute Gasteiger partial charge is 0.497 e. The monoisotopic (exact) mass is 307 g/mol. The number of methoxy groups -OCH3 is 2. The van der Waals surface area contributed by atoms with Gasteiger partial charge in [0.05, 0.1) is 19.8 Å². The highest BCUT2D eigenvalue weighted by atomic mass is 16.5. The molecule has 1 heterocycles. The van der Waals surface area contributed by atoms with Gasteiger partial charge in [-0.1, -0.05) is 12.1 Å². The molecule has 6 heteroatoms. The molecule has 1 aliphatic rings. The number of likely N-dealkylation sites (N-methyl/N-ethyl adjacent to an activating group) is 1. The van der Waals surface area contributed by atoms with Crippen LogP contribution in [-0.2, 0) is 4.74 Å². The van der Waals surface area contributed by atoms with Crippen molar-refractivity contribution in [2.24, 2.45) is 0 Å². The summed E-state index contributed by atoms with van der Waals surface area (Å²) < 4.78 is 10.3. The lowest BCUT2D eigenvalue weighted by Crippen LogP contribution is -2.52. The first-order valence-corrected chi connectivity index (χ1v) is 7.51. The van der Waals surface area contributed by atoms with Gasteiger partial charge in [-0.2, -0.15) is 0 Å². The van der Waals surface area contributed by atoms with Gasteiger partial charge in [0.25, 0.3) is 0 Å². The van der Waals surface area contributed by atoms with E-state index in [0.717, 1.165) is 24.4 Å². The summed E-state index contributed by atoms with van der Waals surface area (Å²) in [5, 5.41) is 2.88. The highest BCUT2D eigenvalue weighted by Gasteiger charge is 2.28. The first-order chi connectivity index (χ1) is 10.7. The van der Waals surface area contributed by atoms with Gasteiger partial charge in [-0.3, -0.25) is 4.90 Å². The minimum absolute atomic E-state index is 0.0296. The van der Waals surface area contributed by atoms with Crippen LogP contribution in [0.25, 0.3) is 0 Å². The first kappa shape index (κ1) is 16.6. The Balaban J connectivity index is 2.02. The van der Waals surface area contributed by atoms with E-state index in [9.17, 15) is 4.79 Å². The lowest BCUT2D eigenvalue weighted by atomic mass is 10.0. The normalized spacial score (nSPS) is 19.0. The van der Waals surface area contributed by atoms with Crippen molar-refractivity contribution in [1.82, 2.24) is 15.1 Å². The molecule has 1 fully saturated rings. The number of urea groups is 1. The van der Waals surface area contributed by atoms with Crippen LogP contribution < -0.4 is 10.1 Å². The quantitative estimate of drug-likeness (QED) is 0.834. The molecule has 1 atom stereocenters. The van der Waals surface area contributed by atoms with Crippen LogP contribution >= 0.6 is 0 Å². The molecule has 0 saturated carbocycles. The van der Waals surface area contributed by atoms with Crippen LogP contribution in [0.2, 0.25) is 0 Å². The second kappa shape index (κ2) is 8.00. The lowest BCUT2D eigenvalue weighted by Gasteiger charge is -2.39. The number of hydrogen-bond acceptors (Lipinski definition) is 4. The van der Waals surface area contributed by atoms with E-state index in [1.165, 1.54) is 0 Å². The number of benzene rings is 1. The fraction of sp³-hybridized carbons (Fsp3) is 0.562. The molecule has 0 spiro atoms. The zero-order valence-electron chi connectivity index (χ0n) is 13.5. The zero-order valence-corrected chi connectivity index (χ0v) is 13.5. The fourth-order valence-electron chi connectivity index (χ4n) is 2.64. The van der Waals surface area contributed by atoms with Crippen LogP contribution in [0.15, 0.2) is 24.3 Å². The third kappa shape index (κ3) is 4.11. The Kier molecular flexibility index (Phi) is 6.03. The Morgan fingerprint density at radius 2 is 2.18 bits per heavy atom. The molecule has 2 rings (SSSR count). The number of nitrogens with zero attached hydrogens (tertiary/aromatic N) is 2. The summed E-state index contributed by atoms with van der Waals surface area (Å²) in [6, 6.07) is 8.18. The van der Waals surface area contributed by atoms with Gasteiger partial charge in [0.1, 0.15) is 5.75 Å². The second-order valence-corrected chi connectivity index (χ2v) is 5.44. The smallest absolute Gasteiger partial charge is 0.317 e. The topological polar surface area (TPSA) is 54.0 Å². The van der Waals surface area contributed by atoms with Crippen LogP contribution in [0.3, 0.4) is 0 Å². The molecule has 0 bridgehead atoms. The van der Waals surface area contributed by atoms with E-state index in [0.29, 0.717) is 19.7 Å². The number of nitrogens with one attached hydrogen (secondary N) is 1. The predicted octanol–water partition coefficient (Wildman–Crippen LogP) is 1.34. The number of carbonyl (C=O) groups excluding carboxylic acids is 1. The SMILES string of the molecule is COCCNC(=O)N1CCN(C)C(c2cccc(OC)c2)C1. The third-order valence-electron chi connectivity index (χ3n) is 4.00. The molecule has 0 aromatic heterocycles. The van der Waals surface area contributed by atoms with Crippen molar-refractivity contribution >= 4 is 6.03 Å². The van der Waals surface area contributed by atoms with E-state index >= 15 is 0 Å². The molecule has 122 valence electrons. The maximum atomic E-state index is 12.2. The van der Waals surface area contributed by atoms with E-state index in [4.69, 9.17) is 9.47 Å². The molecule has 1 saturated heterocycles. The van der Waals surface area contributed by atoms with Crippen molar-refractivity contribution in [1.29, 1.82) is 0 Å². The van der Waals surface area contributed by atoms with E-state index in [2.05, 4.69) is 23.3 Å². The first-order valence-electron chi connectivity index (χ1n) is 7.51. The van der Waals surface area contributed by atoms with Crippen LogP contribution in [0, 0.1) is 0 Å². The summed E-state index contributed by atoms with van der Waals surface area (Å²) in [4.78, 5) is 16.3. The Bertz CT molecular complexity index is 495. The second-order valence-electron chi connectivity index (χ2n) is 5.44. The number of piperazine rings is 1. The zero-order chi connectivity index (χ0) is 15.9. The molecular weight excluding hydrogens is 282 g/mol. The molecule has 22 heavy (non-hydrogen) atoms. The lowest BCUT2D eigenvalue weighted by molar-refractivity contribution is 0.108. The Labute approximate surface area is 132 Å². The number of rotatable bonds is 5. The molecule has 1 unspecified atom stereocenters. The van der Waals surface area contributed by atoms with Gasteiger partial charge < -0.3 is 19.7 Å². The number of carbonyl (C=O) groups is 1. The van der Waals surface area contributed by atoms with Gasteiger partial charge in [0.15, 0.2) is 0 Å². The molecule has 0 aliphatic carbocycles. The van der Waals surface area contributed by atoms with Gasteiger partial charge in [-0.25, -0.2) is 4.79 Å². The van der Waals surface area contributed by atoms with Crippen molar-refractivity contribution in [2.75, 3.05) is 54.1 Å². The Morgan fingerprint density at radius 3 is 2.91 bits per heavy atom. The highest BCUT2D eigenvalue weighted by molar-refractivity contribution is 5.74. The van der Waals surface area contributed by atoms with Gasteiger partial charge >= 0.3 is 6.03 Å². The van der Waals surface area contributed by atoms with E-state index in [1.54, 1.807) is 14.2 Å². The van der Waals surface area contributed by atoms with Gasteiger partial charge in [0, 0.05) is 33.3 Å². The highest BCUT2D eigenvalue weighted by Crippen LogP contribution is 2.26. The van der Waals surface area contributed by atoms with Crippen LogP contribution in [0.5, 0.6) is 5.75 Å². The molecule has 0 radical (unpaired) electrons. The summed E-state index contributed by atoms with van der Waals surface area (Å²) >= 11 is 0. The van der Waals surface area contributed by atoms with Crippen molar-refractivity contribution in [3.05, 3.63) is 29.8 Å². The fourth-order valence-corrected chi connectivity index (χ4v) is 2.64. The van der Waals surface area contributed by atoms with Crippen LogP contribution in [0.1, 0.15) is 11.6 Å². The van der Waals surface area contributed by atoms with Crippen LogP contribution in [-0.4, -0.2) is 69.9 Å². The van der Waals surface area contributed by atoms with Crippen molar-refractivity contribution in [2.45, 2.75) is 6.04 Å². The average molecular weight is 307 g/mol. The molecular formula is C16H25N3O3. The van der Waals surface area contributed by atoms with Crippen LogP contribution in [0.4, 0.5) is 4.79 Å². The molecule has 1 aromatic carbocycles. The minimum Gasteiger partial charge on any atom is -0.497 e. The standard InChI is InChI=1S/C16H25N3O3/c1-18-8-9-19(16(20)17-7-10-21-2)12-15(18)13-5-4-6-14(11-13)22-3/h4-6,11,15H,7-10,12H2,1-3H3,(H,17,20). The Morgan fingerprint density at radius 1 is 1.36 bits per heavy atom. The Hall–Kier alpha value is -1.79. The number of amides is 2. The minimum atomic E-state index is -0.0296. The van der Waals surface area contributed by atoms with Crippen molar-refractivity contribution in [3.8, 4) is 5.75 Å². The summed E-state index contributed by atoms with van der Waals surface area (Å²) in [5.41, 5.74) is 1.16. The summed E-state index contributed by atoms with van der Waals surface area (Å²) in [7, 11) is 5.38. The summed E-state index contributed by atoms with van der Waals surface area (Å²) in [6.07, 6.45) is 0. The third-order valence-corrected chi connectivity index (χ3v) is 4.00. The maximum absolute atomic E-state index is 12.2. The van der Waals surface area contributed by atoms with E-state index < -0.39 is 0 Å². The maximum Gasteiger partial charge on any atom is 0.317 e. The van der Waals surface area contributed by atoms with E-state index in [1.807, 2.05) is 23.1 Å². The number of hydrogen-bond donors (Lipinski definition) is 1. The van der Waals surface area contributed by atoms with Crippen molar-refractivity contribution in [3.63, 3.8) is 0 Å². The van der Waals surface area contributed by atoms with Gasteiger partial charge in [-0.05, 0) is 24.7 Å². The van der Waals surface area contributed by atoms with Gasteiger partial charge in [-0.15, -0.1) is 0 Å². The van der Waals surface area contributed by atoms with E-state index in [-0.39, 0.29) is 12.1 Å². The van der Waals surface area contributed by atoms with Crippen molar-refractivity contribution < 1.29 is 14.3 Å². The molecule has 1 aromatic rings. The molecule has 1 N–H and O–H groups in total.